The van der Waals surface area contributed by atoms with Crippen LogP contribution in [0.2, 0.25) is 5.02 Å². The summed E-state index contributed by atoms with van der Waals surface area (Å²) in [4.78, 5) is 22.2. The molecular weight excluding hydrogens is 380 g/mol. The van der Waals surface area contributed by atoms with Gasteiger partial charge in [-0.15, -0.1) is 0 Å². The van der Waals surface area contributed by atoms with Crippen LogP contribution in [0.3, 0.4) is 0 Å². The number of thioether (sulfide) groups is 1. The molecule has 116 valence electrons. The highest BCUT2D eigenvalue weighted by atomic mass is 79.9. The Morgan fingerprint density at radius 2 is 2.14 bits per heavy atom. The highest BCUT2D eigenvalue weighted by Gasteiger charge is 2.05. The zero-order valence-corrected chi connectivity index (χ0v) is 14.6. The lowest BCUT2D eigenvalue weighted by atomic mass is 10.3. The minimum absolute atomic E-state index is 0.289. The van der Waals surface area contributed by atoms with Crippen LogP contribution in [0.15, 0.2) is 22.7 Å². The summed E-state index contributed by atoms with van der Waals surface area (Å²) in [5, 5.41) is 5.17. The van der Waals surface area contributed by atoms with Crippen LogP contribution in [-0.4, -0.2) is 37.1 Å². The Morgan fingerprint density at radius 1 is 1.38 bits per heavy atom. The minimum Gasteiger partial charge on any atom is -0.492 e. The van der Waals surface area contributed by atoms with Crippen molar-refractivity contribution in [3.63, 3.8) is 0 Å². The topological polar surface area (TPSA) is 67.4 Å². The average Bonchev–Trinajstić information content (AvgIpc) is 2.44. The van der Waals surface area contributed by atoms with Crippen LogP contribution < -0.4 is 15.4 Å². The number of halogens is 2. The van der Waals surface area contributed by atoms with Crippen molar-refractivity contribution in [3.05, 3.63) is 27.7 Å². The molecular formula is C13H16BrClN2O3S. The van der Waals surface area contributed by atoms with Crippen LogP contribution >= 0.6 is 39.3 Å². The molecule has 1 rings (SSSR count). The van der Waals surface area contributed by atoms with Gasteiger partial charge in [0, 0.05) is 30.0 Å². The molecule has 0 heterocycles. The van der Waals surface area contributed by atoms with Crippen molar-refractivity contribution in [2.24, 2.45) is 0 Å². The fourth-order valence-corrected chi connectivity index (χ4v) is 2.85. The third-order valence-electron chi connectivity index (χ3n) is 2.33. The summed E-state index contributed by atoms with van der Waals surface area (Å²) in [7, 11) is 1.46. The summed E-state index contributed by atoms with van der Waals surface area (Å²) < 4.78 is 6.40. The first-order chi connectivity index (χ1) is 10.0. The lowest BCUT2D eigenvalue weighted by Gasteiger charge is -2.08. The van der Waals surface area contributed by atoms with Crippen LogP contribution in [0.5, 0.6) is 5.75 Å². The average molecular weight is 396 g/mol. The lowest BCUT2D eigenvalue weighted by molar-refractivity contribution is -0.119. The molecule has 0 radical (unpaired) electrons. The Hall–Kier alpha value is -0.920. The largest absolute Gasteiger partial charge is 0.492 e. The van der Waals surface area contributed by atoms with E-state index in [1.165, 1.54) is 7.05 Å². The highest BCUT2D eigenvalue weighted by Crippen LogP contribution is 2.27. The smallest absolute Gasteiger partial charge is 0.321 e. The van der Waals surface area contributed by atoms with Gasteiger partial charge in [0.1, 0.15) is 5.75 Å². The SMILES string of the molecule is CNC(=O)NC(=O)CCSCCOc1ccc(Cl)cc1Br. The van der Waals surface area contributed by atoms with Gasteiger partial charge in [0.25, 0.3) is 0 Å². The maximum absolute atomic E-state index is 11.3. The molecule has 0 aliphatic heterocycles. The van der Waals surface area contributed by atoms with E-state index in [1.807, 2.05) is 0 Å². The number of carbonyl (C=O) groups excluding carboxylic acids is 2. The summed E-state index contributed by atoms with van der Waals surface area (Å²) in [6, 6.07) is 4.85. The number of nitrogens with one attached hydrogen (secondary N) is 2. The number of hydrogen-bond acceptors (Lipinski definition) is 4. The van der Waals surface area contributed by atoms with Gasteiger partial charge in [-0.05, 0) is 34.1 Å². The number of imide groups is 1. The first kappa shape index (κ1) is 18.1. The van der Waals surface area contributed by atoms with Crippen LogP contribution in [0.25, 0.3) is 0 Å². The molecule has 8 heteroatoms. The molecule has 2 N–H and O–H groups in total. The van der Waals surface area contributed by atoms with E-state index in [0.29, 0.717) is 23.8 Å². The Morgan fingerprint density at radius 3 is 2.81 bits per heavy atom. The van der Waals surface area contributed by atoms with Crippen molar-refractivity contribution >= 4 is 51.2 Å². The van der Waals surface area contributed by atoms with Gasteiger partial charge < -0.3 is 10.1 Å². The predicted molar refractivity (Wildman–Crippen MR) is 89.2 cm³/mol. The van der Waals surface area contributed by atoms with E-state index in [9.17, 15) is 9.59 Å². The quantitative estimate of drug-likeness (QED) is 0.696. The maximum Gasteiger partial charge on any atom is 0.321 e. The van der Waals surface area contributed by atoms with Gasteiger partial charge in [-0.25, -0.2) is 4.79 Å². The van der Waals surface area contributed by atoms with E-state index < -0.39 is 6.03 Å². The number of amides is 3. The number of urea groups is 1. The Labute approximate surface area is 141 Å². The molecule has 3 amide bonds. The monoisotopic (exact) mass is 394 g/mol. The molecule has 0 saturated carbocycles. The molecule has 0 fully saturated rings. The first-order valence-corrected chi connectivity index (χ1v) is 8.52. The predicted octanol–water partition coefficient (Wildman–Crippen LogP) is 3.06. The van der Waals surface area contributed by atoms with E-state index in [0.717, 1.165) is 16.0 Å². The molecule has 0 aliphatic carbocycles. The third kappa shape index (κ3) is 7.59. The van der Waals surface area contributed by atoms with Crippen molar-refractivity contribution in [2.45, 2.75) is 6.42 Å². The van der Waals surface area contributed by atoms with E-state index in [1.54, 1.807) is 30.0 Å². The van der Waals surface area contributed by atoms with E-state index in [-0.39, 0.29) is 5.91 Å². The van der Waals surface area contributed by atoms with Gasteiger partial charge in [0.05, 0.1) is 11.1 Å². The summed E-state index contributed by atoms with van der Waals surface area (Å²) >= 11 is 10.8. The summed E-state index contributed by atoms with van der Waals surface area (Å²) in [6.07, 6.45) is 0.294. The van der Waals surface area contributed by atoms with Crippen molar-refractivity contribution in [3.8, 4) is 5.75 Å². The van der Waals surface area contributed by atoms with Gasteiger partial charge in [-0.1, -0.05) is 11.6 Å². The molecule has 0 saturated heterocycles. The number of carbonyl (C=O) groups is 2. The van der Waals surface area contributed by atoms with Crippen molar-refractivity contribution in [1.82, 2.24) is 10.6 Å². The molecule has 0 bridgehead atoms. The Balaban J connectivity index is 2.12. The molecule has 21 heavy (non-hydrogen) atoms. The minimum atomic E-state index is -0.485. The molecule has 0 aromatic heterocycles. The molecule has 0 atom stereocenters. The third-order valence-corrected chi connectivity index (χ3v) is 4.14. The van der Waals surface area contributed by atoms with Crippen LogP contribution in [0, 0.1) is 0 Å². The fraction of sp³-hybridized carbons (Fsp3) is 0.385. The lowest BCUT2D eigenvalue weighted by Crippen LogP contribution is -2.37. The molecule has 1 aromatic carbocycles. The van der Waals surface area contributed by atoms with Gasteiger partial charge in [0.2, 0.25) is 5.91 Å². The van der Waals surface area contributed by atoms with Crippen LogP contribution in [0.1, 0.15) is 6.42 Å². The number of benzene rings is 1. The molecule has 0 unspecified atom stereocenters. The molecule has 1 aromatic rings. The van der Waals surface area contributed by atoms with Crippen molar-refractivity contribution < 1.29 is 14.3 Å². The Kier molecular flexibility index (Phi) is 8.56. The molecule has 0 aliphatic rings. The van der Waals surface area contributed by atoms with Gasteiger partial charge in [-0.2, -0.15) is 11.8 Å². The number of ether oxygens (including phenoxy) is 1. The normalized spacial score (nSPS) is 10.0. The standard InChI is InChI=1S/C13H16BrClN2O3S/c1-16-13(19)17-12(18)4-6-21-7-5-20-11-3-2-9(15)8-10(11)14/h2-3,8H,4-7H2,1H3,(H2,16,17,18,19). The fourth-order valence-electron chi connectivity index (χ4n) is 1.32. The van der Waals surface area contributed by atoms with E-state index >= 15 is 0 Å². The summed E-state index contributed by atoms with van der Waals surface area (Å²) in [5.74, 6) is 1.83. The van der Waals surface area contributed by atoms with Crippen LogP contribution in [-0.2, 0) is 4.79 Å². The molecule has 5 nitrogen and oxygen atoms in total. The second kappa shape index (κ2) is 9.92. The Bertz CT molecular complexity index is 502. The van der Waals surface area contributed by atoms with Gasteiger partial charge in [0.15, 0.2) is 0 Å². The highest BCUT2D eigenvalue weighted by molar-refractivity contribution is 9.10. The number of hydrogen-bond donors (Lipinski definition) is 2. The maximum atomic E-state index is 11.3. The van der Waals surface area contributed by atoms with E-state index in [4.69, 9.17) is 16.3 Å². The van der Waals surface area contributed by atoms with Gasteiger partial charge in [-0.3, -0.25) is 10.1 Å². The molecule has 0 spiro atoms. The first-order valence-electron chi connectivity index (χ1n) is 6.20. The summed E-state index contributed by atoms with van der Waals surface area (Å²) in [5.41, 5.74) is 0. The second-order valence-electron chi connectivity index (χ2n) is 3.91. The summed E-state index contributed by atoms with van der Waals surface area (Å²) in [6.45, 7) is 0.530. The van der Waals surface area contributed by atoms with Crippen LogP contribution in [0.4, 0.5) is 4.79 Å². The van der Waals surface area contributed by atoms with Crippen molar-refractivity contribution in [2.75, 3.05) is 25.2 Å². The zero-order valence-electron chi connectivity index (χ0n) is 11.4. The van der Waals surface area contributed by atoms with Gasteiger partial charge >= 0.3 is 6.03 Å². The number of rotatable bonds is 7. The van der Waals surface area contributed by atoms with E-state index in [2.05, 4.69) is 26.6 Å². The zero-order chi connectivity index (χ0) is 15.7. The second-order valence-corrected chi connectivity index (χ2v) is 6.43. The van der Waals surface area contributed by atoms with Crippen molar-refractivity contribution in [1.29, 1.82) is 0 Å².